The van der Waals surface area contributed by atoms with E-state index in [0.717, 1.165) is 0 Å². The standard InChI is InChI=1S/C5H11O2.CH3.Cu/c1-4(6)3-5(2)7;;/h3-7H,1-2H3;1H3;/q;-1;+1. The van der Waals surface area contributed by atoms with Crippen LogP contribution in [-0.4, -0.2) is 22.4 Å². The van der Waals surface area contributed by atoms with Crippen molar-refractivity contribution in [3.05, 3.63) is 13.8 Å². The molecule has 0 aliphatic carbocycles. The summed E-state index contributed by atoms with van der Waals surface area (Å²) in [4.78, 5) is 0. The van der Waals surface area contributed by atoms with E-state index in [9.17, 15) is 0 Å². The van der Waals surface area contributed by atoms with Crippen LogP contribution >= 0.6 is 0 Å². The van der Waals surface area contributed by atoms with E-state index in [-0.39, 0.29) is 24.5 Å². The van der Waals surface area contributed by atoms with Gasteiger partial charge in [-0.3, -0.25) is 0 Å². The van der Waals surface area contributed by atoms with E-state index >= 15 is 0 Å². The van der Waals surface area contributed by atoms with E-state index in [0.29, 0.717) is 0 Å². The minimum atomic E-state index is -0.500. The molecule has 2 unspecified atom stereocenters. The quantitative estimate of drug-likeness (QED) is 0.479. The van der Waals surface area contributed by atoms with E-state index < -0.39 is 12.2 Å². The van der Waals surface area contributed by atoms with Gasteiger partial charge in [0, 0.05) is 6.42 Å². The summed E-state index contributed by atoms with van der Waals surface area (Å²) < 4.78 is 0. The first-order valence-corrected chi connectivity index (χ1v) is 2.34. The summed E-state index contributed by atoms with van der Waals surface area (Å²) in [6.45, 7) is 3.21. The van der Waals surface area contributed by atoms with Crippen LogP contribution in [-0.2, 0) is 17.1 Å². The van der Waals surface area contributed by atoms with Crippen LogP contribution in [0.5, 0.6) is 0 Å². The van der Waals surface area contributed by atoms with Crippen molar-refractivity contribution in [3.8, 4) is 0 Å². The Balaban J connectivity index is -0.000000180. The van der Waals surface area contributed by atoms with Crippen LogP contribution in [0.25, 0.3) is 0 Å². The molecule has 0 bridgehead atoms. The first kappa shape index (κ1) is 16.2. The van der Waals surface area contributed by atoms with E-state index in [1.54, 1.807) is 13.8 Å². The molecule has 0 aliphatic heterocycles. The van der Waals surface area contributed by atoms with E-state index in [4.69, 9.17) is 10.2 Å². The van der Waals surface area contributed by atoms with Gasteiger partial charge in [-0.25, -0.2) is 0 Å². The molecule has 0 heterocycles. The summed E-state index contributed by atoms with van der Waals surface area (Å²) in [5.41, 5.74) is 0. The third kappa shape index (κ3) is 17.8. The zero-order valence-corrected chi connectivity index (χ0v) is 6.87. The molecule has 0 spiro atoms. The smallest absolute Gasteiger partial charge is 0.393 e. The molecule has 9 heavy (non-hydrogen) atoms. The molecule has 0 rings (SSSR count). The molecule has 3 heteroatoms. The number of aliphatic hydroxyl groups is 2. The fourth-order valence-electron chi connectivity index (χ4n) is 0.403. The third-order valence-electron chi connectivity index (χ3n) is 0.557. The molecule has 0 aromatic rings. The van der Waals surface area contributed by atoms with E-state index in [1.165, 1.54) is 6.42 Å². The van der Waals surface area contributed by atoms with Crippen molar-refractivity contribution in [2.24, 2.45) is 0 Å². The number of aliphatic hydroxyl groups excluding tert-OH is 2. The number of hydrogen-bond acceptors (Lipinski definition) is 2. The van der Waals surface area contributed by atoms with Crippen LogP contribution in [0.1, 0.15) is 13.8 Å². The average Bonchev–Trinajstić information content (AvgIpc) is 1.27. The van der Waals surface area contributed by atoms with E-state index in [2.05, 4.69) is 0 Å². The summed E-state index contributed by atoms with van der Waals surface area (Å²) in [6.07, 6.45) is 0.444. The summed E-state index contributed by atoms with van der Waals surface area (Å²) in [5, 5.41) is 17.0. The van der Waals surface area contributed by atoms with Gasteiger partial charge in [-0.1, -0.05) is 0 Å². The molecule has 0 saturated heterocycles. The monoisotopic (exact) mass is 181 g/mol. The van der Waals surface area contributed by atoms with Crippen molar-refractivity contribution in [2.45, 2.75) is 26.1 Å². The largest absolute Gasteiger partial charge is 1.00 e. The van der Waals surface area contributed by atoms with Gasteiger partial charge in [0.2, 0.25) is 0 Å². The third-order valence-corrected chi connectivity index (χ3v) is 0.557. The summed E-state index contributed by atoms with van der Waals surface area (Å²) >= 11 is 0. The van der Waals surface area contributed by atoms with Crippen molar-refractivity contribution in [1.29, 1.82) is 0 Å². The fraction of sp³-hybridized carbons (Fsp3) is 0.667. The average molecular weight is 182 g/mol. The maximum atomic E-state index is 8.51. The fourth-order valence-corrected chi connectivity index (χ4v) is 0.403. The van der Waals surface area contributed by atoms with Crippen LogP contribution in [0.2, 0.25) is 0 Å². The SMILES string of the molecule is CC(O)[CH]C(C)O.[CH3-].[Cu+]. The molecule has 2 nitrogen and oxygen atoms in total. The van der Waals surface area contributed by atoms with Gasteiger partial charge in [-0.2, -0.15) is 0 Å². The van der Waals surface area contributed by atoms with Gasteiger partial charge in [0.1, 0.15) is 0 Å². The summed E-state index contributed by atoms with van der Waals surface area (Å²) in [6, 6.07) is 0. The predicted octanol–water partition coefficient (Wildman–Crippen LogP) is 0.400. The molecule has 0 aromatic carbocycles. The van der Waals surface area contributed by atoms with Gasteiger partial charge in [0.15, 0.2) is 0 Å². The topological polar surface area (TPSA) is 40.5 Å². The van der Waals surface area contributed by atoms with Crippen molar-refractivity contribution in [2.75, 3.05) is 0 Å². The molecule has 0 aliphatic rings. The van der Waals surface area contributed by atoms with Crippen LogP contribution in [0, 0.1) is 13.8 Å². The molecule has 2 N–H and O–H groups in total. The summed E-state index contributed by atoms with van der Waals surface area (Å²) in [7, 11) is 0. The molecule has 0 aromatic heterocycles. The Morgan fingerprint density at radius 3 is 1.33 bits per heavy atom. The Morgan fingerprint density at radius 1 is 1.11 bits per heavy atom. The second-order valence-corrected chi connectivity index (χ2v) is 1.67. The van der Waals surface area contributed by atoms with Crippen molar-refractivity contribution in [1.82, 2.24) is 0 Å². The number of rotatable bonds is 2. The van der Waals surface area contributed by atoms with Gasteiger partial charge >= 0.3 is 17.1 Å². The normalized spacial score (nSPS) is 14.7. The maximum absolute atomic E-state index is 8.51. The van der Waals surface area contributed by atoms with Crippen molar-refractivity contribution >= 4 is 0 Å². The molecule has 0 saturated carbocycles. The molecule has 1 radical (unpaired) electrons. The minimum Gasteiger partial charge on any atom is -0.393 e. The predicted molar refractivity (Wildman–Crippen MR) is 34.1 cm³/mol. The van der Waals surface area contributed by atoms with Gasteiger partial charge in [0.25, 0.3) is 0 Å². The van der Waals surface area contributed by atoms with Crippen molar-refractivity contribution in [3.63, 3.8) is 0 Å². The molecule has 0 amide bonds. The van der Waals surface area contributed by atoms with Crippen LogP contribution in [0.4, 0.5) is 0 Å². The van der Waals surface area contributed by atoms with Gasteiger partial charge < -0.3 is 17.6 Å². The Bertz CT molecular complexity index is 40.3. The van der Waals surface area contributed by atoms with Gasteiger partial charge in [-0.05, 0) is 13.8 Å². The Kier molecular flexibility index (Phi) is 15.2. The van der Waals surface area contributed by atoms with Crippen molar-refractivity contribution < 1.29 is 27.3 Å². The minimum absolute atomic E-state index is 0. The van der Waals surface area contributed by atoms with Gasteiger partial charge in [-0.15, -0.1) is 0 Å². The molecule has 2 atom stereocenters. The van der Waals surface area contributed by atoms with E-state index in [1.807, 2.05) is 0 Å². The van der Waals surface area contributed by atoms with Crippen LogP contribution < -0.4 is 0 Å². The molecule has 0 fully saturated rings. The second kappa shape index (κ2) is 8.44. The number of hydrogen-bond donors (Lipinski definition) is 2. The molecular weight excluding hydrogens is 168 g/mol. The first-order valence-electron chi connectivity index (χ1n) is 2.34. The summed E-state index contributed by atoms with van der Waals surface area (Å²) in [5.74, 6) is 0. The zero-order valence-electron chi connectivity index (χ0n) is 5.93. The van der Waals surface area contributed by atoms with Gasteiger partial charge in [0.05, 0.1) is 12.2 Å². The second-order valence-electron chi connectivity index (χ2n) is 1.67. The van der Waals surface area contributed by atoms with Crippen LogP contribution in [0.15, 0.2) is 0 Å². The Morgan fingerprint density at radius 2 is 1.33 bits per heavy atom. The Hall–Kier alpha value is 0.439. The Labute approximate surface area is 67.8 Å². The van der Waals surface area contributed by atoms with Crippen LogP contribution in [0.3, 0.4) is 0 Å². The molecule has 61 valence electrons. The molecular formula is C6H14CuO2. The zero-order chi connectivity index (χ0) is 5.86. The first-order chi connectivity index (χ1) is 3.13. The maximum Gasteiger partial charge on any atom is 1.00 e.